The maximum absolute atomic E-state index is 7.75. The minimum atomic E-state index is -2.50. The highest BCUT2D eigenvalue weighted by Gasteiger charge is 2.44. The summed E-state index contributed by atoms with van der Waals surface area (Å²) in [5, 5.41) is 3.64. The maximum atomic E-state index is 7.75. The van der Waals surface area contributed by atoms with Crippen LogP contribution in [0.2, 0.25) is 0 Å². The van der Waals surface area contributed by atoms with Gasteiger partial charge in [-0.25, -0.2) is 0 Å². The number of hydrogen-bond donors (Lipinski definition) is 0. The molecular weight excluding hydrogens is 319 g/mol. The molecule has 0 amide bonds. The Kier molecular flexibility index (Phi) is 3.94. The molecule has 3 aromatic rings. The lowest BCUT2D eigenvalue weighted by atomic mass is 10.1. The molecule has 0 radical (unpaired) electrons. The number of benzene rings is 3. The zero-order chi connectivity index (χ0) is 22.5. The molecule has 25 heavy (non-hydrogen) atoms. The Balaban J connectivity index is 2.06. The highest BCUT2D eigenvalue weighted by molar-refractivity contribution is 7.95. The number of rotatable bonds is 7. The van der Waals surface area contributed by atoms with Gasteiger partial charge in [0.2, 0.25) is 0 Å². The highest BCUT2D eigenvalue weighted by Crippen LogP contribution is 2.56. The van der Waals surface area contributed by atoms with Gasteiger partial charge in [-0.05, 0) is 55.2 Å². The molecule has 0 unspecified atom stereocenters. The van der Waals surface area contributed by atoms with Crippen LogP contribution in [0.4, 0.5) is 0 Å². The Morgan fingerprint density at radius 1 is 0.680 bits per heavy atom. The van der Waals surface area contributed by atoms with Crippen molar-refractivity contribution in [1.82, 2.24) is 0 Å². The second kappa shape index (κ2) is 8.45. The second-order valence-electron chi connectivity index (χ2n) is 6.23. The van der Waals surface area contributed by atoms with E-state index < -0.39 is 26.9 Å². The fraction of sp³-hybridized carbons (Fsp3) is 0.250. The van der Waals surface area contributed by atoms with Crippen LogP contribution in [0.1, 0.15) is 34.8 Å². The van der Waals surface area contributed by atoms with Crippen LogP contribution in [0.15, 0.2) is 91.0 Å². The van der Waals surface area contributed by atoms with E-state index in [9.17, 15) is 0 Å². The summed E-state index contributed by atoms with van der Waals surface area (Å²) in [6.45, 7) is -5.00. The molecule has 3 rings (SSSR count). The third-order valence-electron chi connectivity index (χ3n) is 4.58. The van der Waals surface area contributed by atoms with Crippen LogP contribution in [-0.4, -0.2) is 6.16 Å². The third-order valence-corrected chi connectivity index (χ3v) is 9.10. The Labute approximate surface area is 161 Å². The Morgan fingerprint density at radius 2 is 1.08 bits per heavy atom. The Morgan fingerprint density at radius 3 is 1.44 bits per heavy atom. The molecule has 0 aliphatic rings. The van der Waals surface area contributed by atoms with Crippen molar-refractivity contribution in [2.45, 2.75) is 26.5 Å². The Bertz CT molecular complexity index is 826. The van der Waals surface area contributed by atoms with Gasteiger partial charge in [0, 0.05) is 8.22 Å². The van der Waals surface area contributed by atoms with E-state index in [1.807, 2.05) is 54.6 Å². The van der Waals surface area contributed by atoms with Gasteiger partial charge in [0.1, 0.15) is 23.2 Å². The van der Waals surface area contributed by atoms with Crippen molar-refractivity contribution in [3.63, 3.8) is 0 Å². The van der Waals surface area contributed by atoms with Crippen LogP contribution in [-0.2, 0) is 0 Å². The summed E-state index contributed by atoms with van der Waals surface area (Å²) >= 11 is 0. The first-order chi connectivity index (χ1) is 14.7. The van der Waals surface area contributed by atoms with Crippen LogP contribution in [0.25, 0.3) is 0 Å². The van der Waals surface area contributed by atoms with Crippen molar-refractivity contribution < 1.29 is 8.22 Å². The fourth-order valence-electron chi connectivity index (χ4n) is 3.41. The summed E-state index contributed by atoms with van der Waals surface area (Å²) in [4.78, 5) is 0. The summed E-state index contributed by atoms with van der Waals surface area (Å²) in [6, 6.07) is 31.0. The molecule has 0 nitrogen and oxygen atoms in total. The standard InChI is InChI=1S/C24H28P/c1-21(2)13-12-20-25(22-14-6-3-7-15-22,23-16-8-4-9-17-23)24-18-10-5-11-19-24/h3-11,14-19,21H,12-13,20H2,1-2H3/q+1/i1D3,2D3. The lowest BCUT2D eigenvalue weighted by molar-refractivity contribution is 0.578. The van der Waals surface area contributed by atoms with Crippen molar-refractivity contribution >= 4 is 23.2 Å². The molecule has 0 aliphatic heterocycles. The highest BCUT2D eigenvalue weighted by atomic mass is 31.2. The van der Waals surface area contributed by atoms with Crippen molar-refractivity contribution in [3.05, 3.63) is 91.0 Å². The smallest absolute Gasteiger partial charge is 0.0628 e. The molecule has 1 heteroatoms. The molecule has 0 bridgehead atoms. The molecule has 128 valence electrons. The molecule has 0 aliphatic carbocycles. The molecule has 0 N–H and O–H groups in total. The maximum Gasteiger partial charge on any atom is 0.112 e. The van der Waals surface area contributed by atoms with Gasteiger partial charge in [-0.3, -0.25) is 0 Å². The summed E-state index contributed by atoms with van der Waals surface area (Å²) < 4.78 is 46.5. The lowest BCUT2D eigenvalue weighted by Gasteiger charge is -2.28. The molecule has 0 fully saturated rings. The first kappa shape index (κ1) is 11.7. The zero-order valence-electron chi connectivity index (χ0n) is 20.3. The van der Waals surface area contributed by atoms with E-state index in [1.54, 1.807) is 0 Å². The van der Waals surface area contributed by atoms with E-state index in [4.69, 9.17) is 8.22 Å². The Hall–Kier alpha value is -1.91. The van der Waals surface area contributed by atoms with Crippen LogP contribution in [0.3, 0.4) is 0 Å². The van der Waals surface area contributed by atoms with Crippen molar-refractivity contribution in [3.8, 4) is 0 Å². The third kappa shape index (κ3) is 4.02. The van der Waals surface area contributed by atoms with Crippen molar-refractivity contribution in [2.24, 2.45) is 5.92 Å². The van der Waals surface area contributed by atoms with Gasteiger partial charge in [0.25, 0.3) is 0 Å². The van der Waals surface area contributed by atoms with Crippen LogP contribution in [0.5, 0.6) is 0 Å². The number of hydrogen-bond acceptors (Lipinski definition) is 0. The predicted octanol–water partition coefficient (Wildman–Crippen LogP) is 5.42. The normalized spacial score (nSPS) is 16.2. The molecule has 0 heterocycles. The van der Waals surface area contributed by atoms with E-state index in [0.29, 0.717) is 12.6 Å². The van der Waals surface area contributed by atoms with E-state index in [1.165, 1.54) is 15.9 Å². The van der Waals surface area contributed by atoms with Crippen LogP contribution < -0.4 is 15.9 Å². The fourth-order valence-corrected chi connectivity index (χ4v) is 7.78. The minimum Gasteiger partial charge on any atom is -0.0628 e. The first-order valence-electron chi connectivity index (χ1n) is 11.7. The van der Waals surface area contributed by atoms with Gasteiger partial charge >= 0.3 is 0 Å². The quantitative estimate of drug-likeness (QED) is 0.498. The van der Waals surface area contributed by atoms with E-state index in [0.717, 1.165) is 0 Å². The second-order valence-corrected chi connectivity index (χ2v) is 9.85. The molecule has 0 atom stereocenters. The summed E-state index contributed by atoms with van der Waals surface area (Å²) in [6.07, 6.45) is 1.38. The van der Waals surface area contributed by atoms with Crippen molar-refractivity contribution in [1.29, 1.82) is 0 Å². The average Bonchev–Trinajstić information content (AvgIpc) is 2.74. The van der Waals surface area contributed by atoms with Gasteiger partial charge in [-0.2, -0.15) is 0 Å². The van der Waals surface area contributed by atoms with E-state index in [2.05, 4.69) is 36.4 Å². The summed E-state index contributed by atoms with van der Waals surface area (Å²) in [5.41, 5.74) is 0. The van der Waals surface area contributed by atoms with Gasteiger partial charge in [-0.15, -0.1) is 0 Å². The van der Waals surface area contributed by atoms with E-state index >= 15 is 0 Å². The van der Waals surface area contributed by atoms with Gasteiger partial charge in [-0.1, -0.05) is 68.3 Å². The zero-order valence-corrected chi connectivity index (χ0v) is 15.2. The topological polar surface area (TPSA) is 0 Å². The first-order valence-corrected chi connectivity index (χ1v) is 10.7. The molecule has 0 aromatic heterocycles. The average molecular weight is 353 g/mol. The largest absolute Gasteiger partial charge is 0.112 e. The summed E-state index contributed by atoms with van der Waals surface area (Å²) in [5.74, 6) is -1.32. The predicted molar refractivity (Wildman–Crippen MR) is 114 cm³/mol. The monoisotopic (exact) mass is 353 g/mol. The minimum absolute atomic E-state index is 0.140. The molecule has 3 aromatic carbocycles. The lowest BCUT2D eigenvalue weighted by Crippen LogP contribution is -2.33. The van der Waals surface area contributed by atoms with E-state index in [-0.39, 0.29) is 6.42 Å². The van der Waals surface area contributed by atoms with Crippen LogP contribution >= 0.6 is 7.26 Å². The van der Waals surface area contributed by atoms with Crippen LogP contribution in [0, 0.1) is 5.92 Å². The van der Waals surface area contributed by atoms with Crippen molar-refractivity contribution in [2.75, 3.05) is 6.16 Å². The summed E-state index contributed by atoms with van der Waals surface area (Å²) in [7, 11) is -2.08. The van der Waals surface area contributed by atoms with Gasteiger partial charge in [0.05, 0.1) is 6.16 Å². The molecule has 0 saturated carbocycles. The molecular formula is C24H28P+. The van der Waals surface area contributed by atoms with Gasteiger partial charge in [0.15, 0.2) is 0 Å². The SMILES string of the molecule is [2H]C([2H])([2H])C(CCC[P+](c1ccccc1)(c1ccccc1)c1ccccc1)C([2H])([2H])[2H]. The molecule has 0 spiro atoms. The van der Waals surface area contributed by atoms with Gasteiger partial charge < -0.3 is 0 Å². The molecule has 0 saturated heterocycles.